The second-order valence-corrected chi connectivity index (χ2v) is 6.34. The summed E-state index contributed by atoms with van der Waals surface area (Å²) in [4.78, 5) is 23.9. The molecule has 2 N–H and O–H groups in total. The van der Waals surface area contributed by atoms with Crippen LogP contribution in [0.3, 0.4) is 0 Å². The number of carboxylic acid groups (broad SMARTS) is 1. The second kappa shape index (κ2) is 8.95. The molecule has 1 amide bonds. The number of rotatable bonds is 8. The van der Waals surface area contributed by atoms with E-state index < -0.39 is 12.0 Å². The molecule has 116 valence electrons. The fraction of sp³-hybridized carbons (Fsp3) is 0.467. The van der Waals surface area contributed by atoms with E-state index in [1.54, 1.807) is 6.07 Å². The smallest absolute Gasteiger partial charge is 0.326 e. The predicted molar refractivity (Wildman–Crippen MR) is 85.8 cm³/mol. The molecule has 0 saturated carbocycles. The molecule has 6 heteroatoms. The number of carbonyl (C=O) groups is 2. The number of thioether (sulfide) groups is 1. The summed E-state index contributed by atoms with van der Waals surface area (Å²) in [6.45, 7) is 3.72. The molecule has 2 unspecified atom stereocenters. The van der Waals surface area contributed by atoms with Gasteiger partial charge in [-0.25, -0.2) is 4.79 Å². The van der Waals surface area contributed by atoms with E-state index in [0.29, 0.717) is 17.2 Å². The third-order valence-electron chi connectivity index (χ3n) is 3.22. The first-order valence-electron chi connectivity index (χ1n) is 6.85. The number of nitrogens with one attached hydrogen (secondary N) is 1. The summed E-state index contributed by atoms with van der Waals surface area (Å²) in [5.74, 6) is -0.774. The Balaban J connectivity index is 2.43. The van der Waals surface area contributed by atoms with Crippen LogP contribution >= 0.6 is 23.4 Å². The van der Waals surface area contributed by atoms with Crippen LogP contribution in [0.25, 0.3) is 0 Å². The van der Waals surface area contributed by atoms with Crippen molar-refractivity contribution >= 4 is 35.2 Å². The van der Waals surface area contributed by atoms with Crippen molar-refractivity contribution in [1.29, 1.82) is 0 Å². The standard InChI is InChI=1S/C15H20ClNO3S/c1-3-10(2)14(15(19)20)17-13(18)8-9-21-12-7-5-4-6-11(12)16/h4-7,10,14H,3,8-9H2,1-2H3,(H,17,18)(H,19,20). The normalized spacial score (nSPS) is 13.5. The lowest BCUT2D eigenvalue weighted by Gasteiger charge is -2.20. The van der Waals surface area contributed by atoms with E-state index in [4.69, 9.17) is 16.7 Å². The van der Waals surface area contributed by atoms with Crippen molar-refractivity contribution in [3.05, 3.63) is 29.3 Å². The van der Waals surface area contributed by atoms with Crippen LogP contribution < -0.4 is 5.32 Å². The Morgan fingerprint density at radius 2 is 2.05 bits per heavy atom. The molecule has 0 bridgehead atoms. The first-order chi connectivity index (χ1) is 9.95. The average Bonchev–Trinajstić information content (AvgIpc) is 2.45. The predicted octanol–water partition coefficient (Wildman–Crippen LogP) is 3.44. The van der Waals surface area contributed by atoms with Gasteiger partial charge in [-0.3, -0.25) is 4.79 Å². The zero-order valence-corrected chi connectivity index (χ0v) is 13.7. The van der Waals surface area contributed by atoms with Gasteiger partial charge in [0.15, 0.2) is 0 Å². The maximum atomic E-state index is 11.8. The van der Waals surface area contributed by atoms with Crippen molar-refractivity contribution in [2.24, 2.45) is 5.92 Å². The minimum absolute atomic E-state index is 0.0947. The van der Waals surface area contributed by atoms with Gasteiger partial charge < -0.3 is 10.4 Å². The Kier molecular flexibility index (Phi) is 7.61. The van der Waals surface area contributed by atoms with Crippen LogP contribution in [-0.4, -0.2) is 28.8 Å². The quantitative estimate of drug-likeness (QED) is 0.717. The molecule has 1 aromatic rings. The number of carbonyl (C=O) groups excluding carboxylic acids is 1. The summed E-state index contributed by atoms with van der Waals surface area (Å²) in [7, 11) is 0. The Bertz CT molecular complexity index is 496. The minimum atomic E-state index is -0.989. The molecule has 0 aliphatic carbocycles. The summed E-state index contributed by atoms with van der Waals surface area (Å²) < 4.78 is 0. The van der Waals surface area contributed by atoms with Crippen molar-refractivity contribution in [1.82, 2.24) is 5.32 Å². The van der Waals surface area contributed by atoms with E-state index in [9.17, 15) is 9.59 Å². The molecule has 0 aliphatic rings. The highest BCUT2D eigenvalue weighted by molar-refractivity contribution is 7.99. The lowest BCUT2D eigenvalue weighted by Crippen LogP contribution is -2.45. The number of benzene rings is 1. The fourth-order valence-corrected chi connectivity index (χ4v) is 2.93. The fourth-order valence-electron chi connectivity index (χ4n) is 1.74. The lowest BCUT2D eigenvalue weighted by atomic mass is 9.99. The molecular weight excluding hydrogens is 310 g/mol. The Labute approximate surface area is 134 Å². The summed E-state index contributed by atoms with van der Waals surface area (Å²) in [5, 5.41) is 12.4. The molecule has 4 nitrogen and oxygen atoms in total. The third-order valence-corrected chi connectivity index (χ3v) is 4.74. The van der Waals surface area contributed by atoms with Crippen LogP contribution in [0, 0.1) is 5.92 Å². The molecule has 0 fully saturated rings. The molecule has 0 saturated heterocycles. The van der Waals surface area contributed by atoms with Crippen LogP contribution in [0.5, 0.6) is 0 Å². The van der Waals surface area contributed by atoms with Gasteiger partial charge in [0, 0.05) is 17.1 Å². The maximum absolute atomic E-state index is 11.8. The second-order valence-electron chi connectivity index (χ2n) is 4.80. The molecule has 1 rings (SSSR count). The van der Waals surface area contributed by atoms with Gasteiger partial charge in [-0.05, 0) is 18.1 Å². The molecule has 0 heterocycles. The number of hydrogen-bond donors (Lipinski definition) is 2. The van der Waals surface area contributed by atoms with Gasteiger partial charge in [0.05, 0.1) is 5.02 Å². The number of carboxylic acids is 1. The number of aliphatic carboxylic acids is 1. The Hall–Kier alpha value is -1.20. The third kappa shape index (κ3) is 5.98. The number of halogens is 1. The first-order valence-corrected chi connectivity index (χ1v) is 8.21. The van der Waals surface area contributed by atoms with Crippen molar-refractivity contribution in [2.75, 3.05) is 5.75 Å². The molecule has 1 aromatic carbocycles. The maximum Gasteiger partial charge on any atom is 0.326 e. The van der Waals surface area contributed by atoms with Crippen molar-refractivity contribution in [3.63, 3.8) is 0 Å². The van der Waals surface area contributed by atoms with Gasteiger partial charge >= 0.3 is 5.97 Å². The summed E-state index contributed by atoms with van der Waals surface area (Å²) in [6.07, 6.45) is 0.960. The molecule has 0 aliphatic heterocycles. The van der Waals surface area contributed by atoms with Crippen LogP contribution in [-0.2, 0) is 9.59 Å². The highest BCUT2D eigenvalue weighted by Gasteiger charge is 2.24. The van der Waals surface area contributed by atoms with Crippen LogP contribution in [0.15, 0.2) is 29.2 Å². The van der Waals surface area contributed by atoms with E-state index in [0.717, 1.165) is 4.90 Å². The van der Waals surface area contributed by atoms with Gasteiger partial charge in [-0.1, -0.05) is 44.0 Å². The van der Waals surface area contributed by atoms with E-state index in [1.807, 2.05) is 32.0 Å². The summed E-state index contributed by atoms with van der Waals surface area (Å²) >= 11 is 7.51. The highest BCUT2D eigenvalue weighted by atomic mass is 35.5. The van der Waals surface area contributed by atoms with E-state index in [-0.39, 0.29) is 18.2 Å². The molecule has 21 heavy (non-hydrogen) atoms. The Morgan fingerprint density at radius 1 is 1.38 bits per heavy atom. The monoisotopic (exact) mass is 329 g/mol. The van der Waals surface area contributed by atoms with Crippen molar-refractivity contribution in [3.8, 4) is 0 Å². The number of amides is 1. The van der Waals surface area contributed by atoms with Gasteiger partial charge in [-0.2, -0.15) is 0 Å². The van der Waals surface area contributed by atoms with Gasteiger partial charge in [0.1, 0.15) is 6.04 Å². The SMILES string of the molecule is CCC(C)C(NC(=O)CCSc1ccccc1Cl)C(=O)O. The molecule has 2 atom stereocenters. The van der Waals surface area contributed by atoms with Gasteiger partial charge in [0.2, 0.25) is 5.91 Å². The molecule has 0 spiro atoms. The summed E-state index contributed by atoms with van der Waals surface area (Å²) in [6, 6.07) is 6.60. The van der Waals surface area contributed by atoms with E-state index in [1.165, 1.54) is 11.8 Å². The minimum Gasteiger partial charge on any atom is -0.480 e. The zero-order valence-electron chi connectivity index (χ0n) is 12.1. The van der Waals surface area contributed by atoms with E-state index >= 15 is 0 Å². The van der Waals surface area contributed by atoms with Crippen molar-refractivity contribution < 1.29 is 14.7 Å². The summed E-state index contributed by atoms with van der Waals surface area (Å²) in [5.41, 5.74) is 0. The van der Waals surface area contributed by atoms with Crippen LogP contribution in [0.1, 0.15) is 26.7 Å². The number of hydrogen-bond acceptors (Lipinski definition) is 3. The Morgan fingerprint density at radius 3 is 2.62 bits per heavy atom. The van der Waals surface area contributed by atoms with E-state index in [2.05, 4.69) is 5.32 Å². The molecule has 0 radical (unpaired) electrons. The van der Waals surface area contributed by atoms with Crippen LogP contribution in [0.2, 0.25) is 5.02 Å². The molecular formula is C15H20ClNO3S. The average molecular weight is 330 g/mol. The van der Waals surface area contributed by atoms with Crippen molar-refractivity contribution in [2.45, 2.75) is 37.6 Å². The highest BCUT2D eigenvalue weighted by Crippen LogP contribution is 2.26. The first kappa shape index (κ1) is 17.9. The topological polar surface area (TPSA) is 66.4 Å². The zero-order chi connectivity index (χ0) is 15.8. The van der Waals surface area contributed by atoms with Gasteiger partial charge in [-0.15, -0.1) is 11.8 Å². The lowest BCUT2D eigenvalue weighted by molar-refractivity contribution is -0.143. The van der Waals surface area contributed by atoms with Crippen LogP contribution in [0.4, 0.5) is 0 Å². The van der Waals surface area contributed by atoms with Gasteiger partial charge in [0.25, 0.3) is 0 Å². The largest absolute Gasteiger partial charge is 0.480 e. The molecule has 0 aromatic heterocycles.